The first-order valence-corrected chi connectivity index (χ1v) is 6.65. The van der Waals surface area contributed by atoms with Crippen LogP contribution in [0.4, 0.5) is 0 Å². The third-order valence-corrected chi connectivity index (χ3v) is 3.42. The molecular weight excluding hydrogens is 228 g/mol. The van der Waals surface area contributed by atoms with Gasteiger partial charge in [-0.05, 0) is 43.9 Å². The number of ether oxygens (including phenoxy) is 1. The van der Waals surface area contributed by atoms with Crippen molar-refractivity contribution < 1.29 is 9.84 Å². The van der Waals surface area contributed by atoms with Gasteiger partial charge in [-0.2, -0.15) is 0 Å². The van der Waals surface area contributed by atoms with Crippen molar-refractivity contribution in [2.45, 2.75) is 37.8 Å². The van der Waals surface area contributed by atoms with Gasteiger partial charge in [0, 0.05) is 19.3 Å². The maximum atomic E-state index is 9.59. The Morgan fingerprint density at radius 2 is 2.50 bits per heavy atom. The zero-order valence-electron chi connectivity index (χ0n) is 10.9. The number of nitrogens with zero attached hydrogens (tertiary/aromatic N) is 1. The van der Waals surface area contributed by atoms with Crippen LogP contribution in [0.15, 0.2) is 18.3 Å². The van der Waals surface area contributed by atoms with Gasteiger partial charge in [-0.25, -0.2) is 0 Å². The number of methoxy groups -OCH3 is 1. The van der Waals surface area contributed by atoms with Crippen molar-refractivity contribution in [2.24, 2.45) is 0 Å². The molecule has 0 fully saturated rings. The maximum absolute atomic E-state index is 9.59. The molecule has 0 amide bonds. The fourth-order valence-corrected chi connectivity index (χ4v) is 2.51. The molecular formula is C14H22N2O2. The molecule has 0 radical (unpaired) electrons. The minimum atomic E-state index is -0.380. The molecule has 0 aromatic carbocycles. The predicted octanol–water partition coefficient (Wildman–Crippen LogP) is 1.45. The van der Waals surface area contributed by atoms with Gasteiger partial charge in [0.1, 0.15) is 0 Å². The van der Waals surface area contributed by atoms with E-state index < -0.39 is 0 Å². The molecule has 1 aliphatic rings. The van der Waals surface area contributed by atoms with E-state index in [2.05, 4.69) is 16.4 Å². The summed E-state index contributed by atoms with van der Waals surface area (Å²) in [5, 5.41) is 13.1. The number of pyridine rings is 1. The smallest absolute Gasteiger partial charge is 0.0785 e. The first kappa shape index (κ1) is 13.5. The second-order valence-corrected chi connectivity index (χ2v) is 4.84. The Balaban J connectivity index is 1.84. The Morgan fingerprint density at radius 3 is 3.33 bits per heavy atom. The van der Waals surface area contributed by atoms with E-state index in [1.165, 1.54) is 17.7 Å². The zero-order chi connectivity index (χ0) is 12.8. The van der Waals surface area contributed by atoms with E-state index in [9.17, 15) is 5.11 Å². The van der Waals surface area contributed by atoms with Crippen molar-refractivity contribution in [1.29, 1.82) is 0 Å². The van der Waals surface area contributed by atoms with E-state index >= 15 is 0 Å². The van der Waals surface area contributed by atoms with Crippen LogP contribution in [0.25, 0.3) is 0 Å². The monoisotopic (exact) mass is 250 g/mol. The van der Waals surface area contributed by atoms with E-state index in [0.717, 1.165) is 19.4 Å². The first-order chi connectivity index (χ1) is 8.81. The Bertz CT molecular complexity index is 371. The zero-order valence-corrected chi connectivity index (χ0v) is 10.9. The highest BCUT2D eigenvalue weighted by atomic mass is 16.5. The van der Waals surface area contributed by atoms with E-state index in [0.29, 0.717) is 19.1 Å². The highest BCUT2D eigenvalue weighted by Gasteiger charge is 2.20. The SMILES string of the molecule is COCC(O)CCNC1CCCc2cccnc21. The van der Waals surface area contributed by atoms with Crippen molar-refractivity contribution in [3.8, 4) is 0 Å². The van der Waals surface area contributed by atoms with Crippen LogP contribution < -0.4 is 5.32 Å². The lowest BCUT2D eigenvalue weighted by atomic mass is 9.92. The molecule has 0 saturated carbocycles. The Kier molecular flexibility index (Phi) is 5.11. The van der Waals surface area contributed by atoms with Crippen molar-refractivity contribution in [3.63, 3.8) is 0 Å². The van der Waals surface area contributed by atoms with Gasteiger partial charge in [0.05, 0.1) is 18.4 Å². The standard InChI is InChI=1S/C14H22N2O2/c1-18-10-12(17)7-9-15-13-6-2-4-11-5-3-8-16-14(11)13/h3,5,8,12-13,15,17H,2,4,6-7,9-10H2,1H3. The Hall–Kier alpha value is -0.970. The van der Waals surface area contributed by atoms with Gasteiger partial charge in [-0.15, -0.1) is 0 Å². The summed E-state index contributed by atoms with van der Waals surface area (Å²) in [7, 11) is 1.61. The lowest BCUT2D eigenvalue weighted by Crippen LogP contribution is -2.29. The summed E-state index contributed by atoms with van der Waals surface area (Å²) in [5.74, 6) is 0. The van der Waals surface area contributed by atoms with Gasteiger partial charge in [-0.1, -0.05) is 6.07 Å². The Labute approximate surface area is 108 Å². The molecule has 2 unspecified atom stereocenters. The van der Waals surface area contributed by atoms with Crippen molar-refractivity contribution in [3.05, 3.63) is 29.6 Å². The normalized spacial score (nSPS) is 20.4. The lowest BCUT2D eigenvalue weighted by molar-refractivity contribution is 0.0588. The Morgan fingerprint density at radius 1 is 1.61 bits per heavy atom. The summed E-state index contributed by atoms with van der Waals surface area (Å²) in [6, 6.07) is 4.50. The summed E-state index contributed by atoms with van der Waals surface area (Å²) in [5.41, 5.74) is 2.55. The number of hydrogen-bond donors (Lipinski definition) is 2. The minimum absolute atomic E-state index is 0.338. The average molecular weight is 250 g/mol. The molecule has 1 heterocycles. The molecule has 1 aromatic rings. The fourth-order valence-electron chi connectivity index (χ4n) is 2.51. The maximum Gasteiger partial charge on any atom is 0.0785 e. The van der Waals surface area contributed by atoms with Gasteiger partial charge < -0.3 is 15.2 Å². The van der Waals surface area contributed by atoms with Crippen molar-refractivity contribution in [2.75, 3.05) is 20.3 Å². The molecule has 18 heavy (non-hydrogen) atoms. The molecule has 2 rings (SSSR count). The van der Waals surface area contributed by atoms with Gasteiger partial charge >= 0.3 is 0 Å². The van der Waals surface area contributed by atoms with Crippen molar-refractivity contribution >= 4 is 0 Å². The molecule has 100 valence electrons. The van der Waals surface area contributed by atoms with Crippen LogP contribution in [-0.4, -0.2) is 36.5 Å². The van der Waals surface area contributed by atoms with Gasteiger partial charge in [0.25, 0.3) is 0 Å². The number of rotatable bonds is 6. The number of fused-ring (bicyclic) bond motifs is 1. The summed E-state index contributed by atoms with van der Waals surface area (Å²) >= 11 is 0. The molecule has 2 N–H and O–H groups in total. The van der Waals surface area contributed by atoms with Crippen LogP contribution in [-0.2, 0) is 11.2 Å². The van der Waals surface area contributed by atoms with E-state index in [1.807, 2.05) is 12.3 Å². The van der Waals surface area contributed by atoms with E-state index in [4.69, 9.17) is 4.74 Å². The van der Waals surface area contributed by atoms with Gasteiger partial charge in [0.2, 0.25) is 0 Å². The van der Waals surface area contributed by atoms with Gasteiger partial charge in [0.15, 0.2) is 0 Å². The van der Waals surface area contributed by atoms with Crippen LogP contribution in [0.3, 0.4) is 0 Å². The second kappa shape index (κ2) is 6.83. The van der Waals surface area contributed by atoms with Crippen LogP contribution >= 0.6 is 0 Å². The number of hydrogen-bond acceptors (Lipinski definition) is 4. The van der Waals surface area contributed by atoms with E-state index in [1.54, 1.807) is 7.11 Å². The number of aromatic nitrogens is 1. The molecule has 0 aliphatic heterocycles. The summed E-state index contributed by atoms with van der Waals surface area (Å²) in [6.45, 7) is 1.20. The minimum Gasteiger partial charge on any atom is -0.391 e. The molecule has 4 heteroatoms. The van der Waals surface area contributed by atoms with Crippen LogP contribution in [0.5, 0.6) is 0 Å². The summed E-state index contributed by atoms with van der Waals surface area (Å²) in [4.78, 5) is 4.49. The predicted molar refractivity (Wildman–Crippen MR) is 70.4 cm³/mol. The molecule has 1 aromatic heterocycles. The first-order valence-electron chi connectivity index (χ1n) is 6.65. The van der Waals surface area contributed by atoms with Crippen LogP contribution in [0.1, 0.15) is 36.6 Å². The molecule has 0 saturated heterocycles. The van der Waals surface area contributed by atoms with Crippen LogP contribution in [0, 0.1) is 0 Å². The molecule has 0 spiro atoms. The van der Waals surface area contributed by atoms with Gasteiger partial charge in [-0.3, -0.25) is 4.98 Å². The number of aliphatic hydroxyl groups excluding tert-OH is 1. The van der Waals surface area contributed by atoms with Crippen LogP contribution in [0.2, 0.25) is 0 Å². The molecule has 1 aliphatic carbocycles. The molecule has 4 nitrogen and oxygen atoms in total. The number of aryl methyl sites for hydroxylation is 1. The number of aliphatic hydroxyl groups is 1. The number of nitrogens with one attached hydrogen (secondary N) is 1. The largest absolute Gasteiger partial charge is 0.391 e. The lowest BCUT2D eigenvalue weighted by Gasteiger charge is -2.25. The second-order valence-electron chi connectivity index (χ2n) is 4.84. The fraction of sp³-hybridized carbons (Fsp3) is 0.643. The van der Waals surface area contributed by atoms with E-state index in [-0.39, 0.29) is 6.10 Å². The highest BCUT2D eigenvalue weighted by molar-refractivity contribution is 5.25. The quantitative estimate of drug-likeness (QED) is 0.802. The average Bonchev–Trinajstić information content (AvgIpc) is 2.39. The molecule has 0 bridgehead atoms. The third kappa shape index (κ3) is 3.51. The summed E-state index contributed by atoms with van der Waals surface area (Å²) < 4.78 is 4.91. The summed E-state index contributed by atoms with van der Waals surface area (Å²) in [6.07, 6.45) is 5.66. The molecule has 2 atom stereocenters. The third-order valence-electron chi connectivity index (χ3n) is 3.42. The highest BCUT2D eigenvalue weighted by Crippen LogP contribution is 2.27. The topological polar surface area (TPSA) is 54.4 Å². The van der Waals surface area contributed by atoms with Crippen molar-refractivity contribution in [1.82, 2.24) is 10.3 Å².